The molecule has 0 saturated heterocycles. The zero-order valence-electron chi connectivity index (χ0n) is 14.6. The molecule has 0 unspecified atom stereocenters. The first kappa shape index (κ1) is 22.9. The topological polar surface area (TPSA) is 69.7 Å². The standard InChI is InChI=1S/C11H22O2.C6H10O3/c1-3-5-7-8-10-13-11(12)9-6-4-2;1-3-4-6(8)9-5(2)7/h3-10H2,1-2H3;3-4H2,1-2H3. The maximum absolute atomic E-state index is 11.0. The Morgan fingerprint density at radius 3 is 1.86 bits per heavy atom. The van der Waals surface area contributed by atoms with Crippen LogP contribution in [0.1, 0.15) is 85.5 Å². The summed E-state index contributed by atoms with van der Waals surface area (Å²) >= 11 is 0. The first-order valence-electron chi connectivity index (χ1n) is 8.34. The van der Waals surface area contributed by atoms with Crippen LogP contribution in [0.4, 0.5) is 0 Å². The van der Waals surface area contributed by atoms with Gasteiger partial charge in [-0.25, -0.2) is 0 Å². The summed E-state index contributed by atoms with van der Waals surface area (Å²) in [4.78, 5) is 31.5. The summed E-state index contributed by atoms with van der Waals surface area (Å²) in [5.74, 6) is -1.00. The Hall–Kier alpha value is -1.39. The number of esters is 3. The van der Waals surface area contributed by atoms with Crippen molar-refractivity contribution < 1.29 is 23.9 Å². The minimum atomic E-state index is -0.534. The normalized spacial score (nSPS) is 9.45. The summed E-state index contributed by atoms with van der Waals surface area (Å²) in [5.41, 5.74) is 0. The molecule has 0 bridgehead atoms. The van der Waals surface area contributed by atoms with Gasteiger partial charge >= 0.3 is 17.9 Å². The number of hydrogen-bond acceptors (Lipinski definition) is 5. The summed E-state index contributed by atoms with van der Waals surface area (Å²) in [7, 11) is 0. The summed E-state index contributed by atoms with van der Waals surface area (Å²) in [6.45, 7) is 7.93. The van der Waals surface area contributed by atoms with Crippen LogP contribution in [0.5, 0.6) is 0 Å². The average Bonchev–Trinajstić information content (AvgIpc) is 2.45. The highest BCUT2D eigenvalue weighted by Gasteiger charge is 2.02. The van der Waals surface area contributed by atoms with Gasteiger partial charge in [-0.1, -0.05) is 46.5 Å². The lowest BCUT2D eigenvalue weighted by Gasteiger charge is -2.03. The predicted molar refractivity (Wildman–Crippen MR) is 86.3 cm³/mol. The zero-order chi connectivity index (χ0) is 17.2. The molecular formula is C17H32O5. The fraction of sp³-hybridized carbons (Fsp3) is 0.824. The van der Waals surface area contributed by atoms with E-state index in [4.69, 9.17) is 4.74 Å². The van der Waals surface area contributed by atoms with Gasteiger partial charge in [-0.2, -0.15) is 0 Å². The molecule has 0 amide bonds. The van der Waals surface area contributed by atoms with Gasteiger partial charge < -0.3 is 9.47 Å². The minimum absolute atomic E-state index is 0.0293. The fourth-order valence-electron chi connectivity index (χ4n) is 1.52. The minimum Gasteiger partial charge on any atom is -0.466 e. The third-order valence-electron chi connectivity index (χ3n) is 2.71. The molecule has 0 radical (unpaired) electrons. The van der Waals surface area contributed by atoms with Crippen molar-refractivity contribution in [3.05, 3.63) is 0 Å². The van der Waals surface area contributed by atoms with Gasteiger partial charge in [0.05, 0.1) is 6.61 Å². The highest BCUT2D eigenvalue weighted by Crippen LogP contribution is 2.01. The third kappa shape index (κ3) is 20.9. The molecule has 22 heavy (non-hydrogen) atoms. The van der Waals surface area contributed by atoms with Crippen LogP contribution >= 0.6 is 0 Å². The van der Waals surface area contributed by atoms with Crippen molar-refractivity contribution in [3.8, 4) is 0 Å². The lowest BCUT2D eigenvalue weighted by molar-refractivity contribution is -0.158. The third-order valence-corrected chi connectivity index (χ3v) is 2.71. The predicted octanol–water partition coefficient (Wildman–Crippen LogP) is 4.18. The van der Waals surface area contributed by atoms with E-state index in [0.29, 0.717) is 25.9 Å². The van der Waals surface area contributed by atoms with Crippen molar-refractivity contribution in [2.75, 3.05) is 6.61 Å². The van der Waals surface area contributed by atoms with Crippen LogP contribution in [0.2, 0.25) is 0 Å². The van der Waals surface area contributed by atoms with Gasteiger partial charge in [0.25, 0.3) is 0 Å². The molecule has 0 spiro atoms. The first-order valence-corrected chi connectivity index (χ1v) is 8.34. The van der Waals surface area contributed by atoms with Crippen molar-refractivity contribution in [1.82, 2.24) is 0 Å². The molecule has 0 aliphatic carbocycles. The summed E-state index contributed by atoms with van der Waals surface area (Å²) in [5, 5.41) is 0. The van der Waals surface area contributed by atoms with Gasteiger partial charge in [0.1, 0.15) is 0 Å². The van der Waals surface area contributed by atoms with Crippen molar-refractivity contribution in [1.29, 1.82) is 0 Å². The smallest absolute Gasteiger partial charge is 0.313 e. The number of rotatable bonds is 10. The second kappa shape index (κ2) is 17.7. The number of ether oxygens (including phenoxy) is 2. The Morgan fingerprint density at radius 1 is 0.727 bits per heavy atom. The number of unbranched alkanes of at least 4 members (excludes halogenated alkanes) is 4. The van der Waals surface area contributed by atoms with Crippen LogP contribution in [0.3, 0.4) is 0 Å². The molecule has 0 N–H and O–H groups in total. The molecular weight excluding hydrogens is 284 g/mol. The van der Waals surface area contributed by atoms with Crippen LogP contribution in [-0.4, -0.2) is 24.5 Å². The van der Waals surface area contributed by atoms with Gasteiger partial charge in [-0.3, -0.25) is 14.4 Å². The SMILES string of the molecule is CCCC(=O)OC(C)=O.CCCCCCOC(=O)CCCC. The molecule has 0 atom stereocenters. The highest BCUT2D eigenvalue weighted by molar-refractivity contribution is 5.83. The summed E-state index contributed by atoms with van der Waals surface area (Å²) < 4.78 is 9.26. The lowest BCUT2D eigenvalue weighted by Crippen LogP contribution is -2.07. The molecule has 130 valence electrons. The molecule has 0 aromatic carbocycles. The van der Waals surface area contributed by atoms with Crippen molar-refractivity contribution >= 4 is 17.9 Å². The Kier molecular flexibility index (Phi) is 18.4. The Morgan fingerprint density at radius 2 is 1.36 bits per heavy atom. The van der Waals surface area contributed by atoms with Gasteiger partial charge in [-0.05, 0) is 19.3 Å². The second-order valence-corrected chi connectivity index (χ2v) is 5.10. The molecule has 0 aliphatic rings. The molecule has 0 aliphatic heterocycles. The zero-order valence-corrected chi connectivity index (χ0v) is 14.6. The number of carbonyl (C=O) groups is 3. The molecule has 0 heterocycles. The highest BCUT2D eigenvalue weighted by atomic mass is 16.6. The van der Waals surface area contributed by atoms with E-state index in [-0.39, 0.29) is 5.97 Å². The van der Waals surface area contributed by atoms with Gasteiger partial charge in [0, 0.05) is 19.8 Å². The van der Waals surface area contributed by atoms with E-state index in [2.05, 4.69) is 18.6 Å². The summed E-state index contributed by atoms with van der Waals surface area (Å²) in [6, 6.07) is 0. The maximum atomic E-state index is 11.0. The van der Waals surface area contributed by atoms with E-state index in [9.17, 15) is 14.4 Å². The van der Waals surface area contributed by atoms with Crippen LogP contribution < -0.4 is 0 Å². The molecule has 0 saturated carbocycles. The molecule has 0 aromatic rings. The monoisotopic (exact) mass is 316 g/mol. The Bertz CT molecular complexity index is 299. The van der Waals surface area contributed by atoms with Crippen LogP contribution in [0.25, 0.3) is 0 Å². The van der Waals surface area contributed by atoms with Gasteiger partial charge in [0.15, 0.2) is 0 Å². The Balaban J connectivity index is 0. The molecule has 0 fully saturated rings. The van der Waals surface area contributed by atoms with E-state index >= 15 is 0 Å². The van der Waals surface area contributed by atoms with Crippen molar-refractivity contribution in [2.45, 2.75) is 85.5 Å². The second-order valence-electron chi connectivity index (χ2n) is 5.10. The lowest BCUT2D eigenvalue weighted by atomic mass is 10.2. The fourth-order valence-corrected chi connectivity index (χ4v) is 1.52. The first-order chi connectivity index (χ1) is 10.5. The maximum Gasteiger partial charge on any atom is 0.313 e. The quantitative estimate of drug-likeness (QED) is 0.343. The van der Waals surface area contributed by atoms with E-state index in [1.54, 1.807) is 0 Å². The van der Waals surface area contributed by atoms with Gasteiger partial charge in [-0.15, -0.1) is 0 Å². The summed E-state index contributed by atoms with van der Waals surface area (Å²) in [6.07, 6.45) is 8.30. The van der Waals surface area contributed by atoms with Gasteiger partial charge in [0.2, 0.25) is 0 Å². The Labute approximate surface area is 134 Å². The molecule has 0 rings (SSSR count). The van der Waals surface area contributed by atoms with Crippen LogP contribution in [0.15, 0.2) is 0 Å². The van der Waals surface area contributed by atoms with E-state index in [0.717, 1.165) is 19.3 Å². The van der Waals surface area contributed by atoms with Crippen LogP contribution in [0, 0.1) is 0 Å². The average molecular weight is 316 g/mol. The molecule has 0 aromatic heterocycles. The number of hydrogen-bond donors (Lipinski definition) is 0. The molecule has 5 nitrogen and oxygen atoms in total. The molecule has 5 heteroatoms. The van der Waals surface area contributed by atoms with Crippen molar-refractivity contribution in [2.24, 2.45) is 0 Å². The van der Waals surface area contributed by atoms with E-state index in [1.807, 2.05) is 6.92 Å². The van der Waals surface area contributed by atoms with E-state index in [1.165, 1.54) is 26.2 Å². The number of carbonyl (C=O) groups excluding carboxylic acids is 3. The van der Waals surface area contributed by atoms with E-state index < -0.39 is 11.9 Å². The van der Waals surface area contributed by atoms with Crippen molar-refractivity contribution in [3.63, 3.8) is 0 Å². The largest absolute Gasteiger partial charge is 0.466 e. The van der Waals surface area contributed by atoms with Crippen LogP contribution in [-0.2, 0) is 23.9 Å².